The fourth-order valence-corrected chi connectivity index (χ4v) is 3.29. The summed E-state index contributed by atoms with van der Waals surface area (Å²) in [5, 5.41) is 2.93. The van der Waals surface area contributed by atoms with E-state index in [0.717, 1.165) is 16.8 Å². The predicted molar refractivity (Wildman–Crippen MR) is 115 cm³/mol. The highest BCUT2D eigenvalue weighted by atomic mass is 79.9. The van der Waals surface area contributed by atoms with Crippen molar-refractivity contribution in [3.63, 3.8) is 0 Å². The lowest BCUT2D eigenvalue weighted by atomic mass is 10.1. The summed E-state index contributed by atoms with van der Waals surface area (Å²) in [6, 6.07) is 19.2. The molecule has 0 bridgehead atoms. The van der Waals surface area contributed by atoms with Crippen LogP contribution in [0.1, 0.15) is 27.0 Å². The molecule has 0 aromatic heterocycles. The minimum Gasteiger partial charge on any atom is -0.493 e. The number of halogens is 1. The Hall–Kier alpha value is -2.79. The number of hydrogen-bond acceptors (Lipinski definition) is 3. The lowest BCUT2D eigenvalue weighted by molar-refractivity contribution is 0.102. The van der Waals surface area contributed by atoms with E-state index in [-0.39, 0.29) is 5.91 Å². The van der Waals surface area contributed by atoms with E-state index in [1.165, 1.54) is 5.56 Å². The Bertz CT molecular complexity index is 984. The molecule has 0 unspecified atom stereocenters. The zero-order valence-electron chi connectivity index (χ0n) is 16.1. The molecule has 0 fully saturated rings. The second kappa shape index (κ2) is 8.93. The average molecular weight is 440 g/mol. The van der Waals surface area contributed by atoms with E-state index in [9.17, 15) is 4.79 Å². The van der Waals surface area contributed by atoms with Gasteiger partial charge in [0.25, 0.3) is 5.91 Å². The number of aryl methyl sites for hydroxylation is 2. The van der Waals surface area contributed by atoms with E-state index in [1.807, 2.05) is 62.4 Å². The molecule has 0 heterocycles. The number of nitrogens with one attached hydrogen (secondary N) is 1. The molecule has 1 amide bonds. The van der Waals surface area contributed by atoms with Crippen LogP contribution in [0.15, 0.2) is 65.1 Å². The maximum Gasteiger partial charge on any atom is 0.255 e. The normalized spacial score (nSPS) is 10.4. The van der Waals surface area contributed by atoms with Gasteiger partial charge in [0, 0.05) is 11.3 Å². The molecule has 3 aromatic rings. The summed E-state index contributed by atoms with van der Waals surface area (Å²) in [4.78, 5) is 12.7. The summed E-state index contributed by atoms with van der Waals surface area (Å²) in [5.74, 6) is 0.852. The molecule has 0 radical (unpaired) electrons. The molecule has 0 aliphatic heterocycles. The molecule has 4 nitrogen and oxygen atoms in total. The number of methoxy groups -OCH3 is 1. The SMILES string of the molecule is COc1cc(C(=O)Nc2ccccc2C)cc(Br)c1OCc1ccc(C)cc1. The third-order valence-corrected chi connectivity index (χ3v) is 4.98. The topological polar surface area (TPSA) is 47.6 Å². The first kappa shape index (κ1) is 20.0. The third kappa shape index (κ3) is 4.73. The molecule has 28 heavy (non-hydrogen) atoms. The number of ether oxygens (including phenoxy) is 2. The monoisotopic (exact) mass is 439 g/mol. The molecule has 144 valence electrons. The van der Waals surface area contributed by atoms with Crippen LogP contribution in [0.3, 0.4) is 0 Å². The van der Waals surface area contributed by atoms with Gasteiger partial charge in [0.2, 0.25) is 0 Å². The summed E-state index contributed by atoms with van der Waals surface area (Å²) < 4.78 is 12.1. The van der Waals surface area contributed by atoms with Gasteiger partial charge in [0.05, 0.1) is 11.6 Å². The van der Waals surface area contributed by atoms with E-state index in [1.54, 1.807) is 19.2 Å². The van der Waals surface area contributed by atoms with E-state index >= 15 is 0 Å². The number of rotatable bonds is 6. The quantitative estimate of drug-likeness (QED) is 0.519. The summed E-state index contributed by atoms with van der Waals surface area (Å²) in [5.41, 5.74) is 4.52. The number of para-hydroxylation sites is 1. The van der Waals surface area contributed by atoms with Crippen LogP contribution in [0.25, 0.3) is 0 Å². The van der Waals surface area contributed by atoms with Crippen LogP contribution in [0.2, 0.25) is 0 Å². The van der Waals surface area contributed by atoms with Crippen LogP contribution in [0.4, 0.5) is 5.69 Å². The Balaban J connectivity index is 1.79. The van der Waals surface area contributed by atoms with Gasteiger partial charge in [-0.05, 0) is 59.1 Å². The van der Waals surface area contributed by atoms with Crippen LogP contribution in [-0.2, 0) is 6.61 Å². The van der Waals surface area contributed by atoms with Crippen LogP contribution < -0.4 is 14.8 Å². The molecule has 0 aliphatic carbocycles. The molecule has 5 heteroatoms. The zero-order valence-corrected chi connectivity index (χ0v) is 17.7. The number of hydrogen-bond donors (Lipinski definition) is 1. The number of amides is 1. The smallest absolute Gasteiger partial charge is 0.255 e. The molecular formula is C23H22BrNO3. The number of benzene rings is 3. The molecule has 0 saturated carbocycles. The zero-order chi connectivity index (χ0) is 20.1. The van der Waals surface area contributed by atoms with E-state index in [4.69, 9.17) is 9.47 Å². The van der Waals surface area contributed by atoms with Gasteiger partial charge in [-0.15, -0.1) is 0 Å². The lowest BCUT2D eigenvalue weighted by Crippen LogP contribution is -2.13. The maximum absolute atomic E-state index is 12.7. The standard InChI is InChI=1S/C23H22BrNO3/c1-15-8-10-17(11-9-15)14-28-22-19(24)12-18(13-21(22)27-3)23(26)25-20-7-5-4-6-16(20)2/h4-13H,14H2,1-3H3,(H,25,26). The molecule has 3 aromatic carbocycles. The Kier molecular flexibility index (Phi) is 6.37. The van der Waals surface area contributed by atoms with Gasteiger partial charge in [-0.1, -0.05) is 48.0 Å². The van der Waals surface area contributed by atoms with Gasteiger partial charge < -0.3 is 14.8 Å². The molecule has 0 saturated heterocycles. The highest BCUT2D eigenvalue weighted by Gasteiger charge is 2.16. The van der Waals surface area contributed by atoms with Crippen molar-refractivity contribution in [1.29, 1.82) is 0 Å². The summed E-state index contributed by atoms with van der Waals surface area (Å²) in [6.07, 6.45) is 0. The lowest BCUT2D eigenvalue weighted by Gasteiger charge is -2.15. The fraction of sp³-hybridized carbons (Fsp3) is 0.174. The number of anilines is 1. The van der Waals surface area contributed by atoms with Crippen molar-refractivity contribution in [2.75, 3.05) is 12.4 Å². The van der Waals surface area contributed by atoms with Crippen molar-refractivity contribution < 1.29 is 14.3 Å². The molecule has 0 aliphatic rings. The summed E-state index contributed by atoms with van der Waals surface area (Å²) in [7, 11) is 1.56. The van der Waals surface area contributed by atoms with Crippen molar-refractivity contribution in [1.82, 2.24) is 0 Å². The average Bonchev–Trinajstić information content (AvgIpc) is 2.69. The van der Waals surface area contributed by atoms with Crippen LogP contribution >= 0.6 is 15.9 Å². The first-order valence-corrected chi connectivity index (χ1v) is 9.70. The van der Waals surface area contributed by atoms with E-state index in [0.29, 0.717) is 28.1 Å². The minimum absolute atomic E-state index is 0.210. The highest BCUT2D eigenvalue weighted by Crippen LogP contribution is 2.37. The predicted octanol–water partition coefficient (Wildman–Crippen LogP) is 5.91. The van der Waals surface area contributed by atoms with Crippen LogP contribution in [0.5, 0.6) is 11.5 Å². The third-order valence-electron chi connectivity index (χ3n) is 4.39. The van der Waals surface area contributed by atoms with Gasteiger partial charge >= 0.3 is 0 Å². The highest BCUT2D eigenvalue weighted by molar-refractivity contribution is 9.10. The van der Waals surface area contributed by atoms with Crippen molar-refractivity contribution in [2.24, 2.45) is 0 Å². The molecule has 3 rings (SSSR count). The minimum atomic E-state index is -0.210. The van der Waals surface area contributed by atoms with Crippen molar-refractivity contribution in [3.8, 4) is 11.5 Å². The van der Waals surface area contributed by atoms with Crippen molar-refractivity contribution >= 4 is 27.5 Å². The van der Waals surface area contributed by atoms with E-state index < -0.39 is 0 Å². The second-order valence-corrected chi connectivity index (χ2v) is 7.39. The van der Waals surface area contributed by atoms with Crippen LogP contribution in [0, 0.1) is 13.8 Å². The van der Waals surface area contributed by atoms with Gasteiger partial charge in [0.1, 0.15) is 6.61 Å². The Morgan fingerprint density at radius 3 is 2.43 bits per heavy atom. The summed E-state index contributed by atoms with van der Waals surface area (Å²) in [6.45, 7) is 4.41. The van der Waals surface area contributed by atoms with Gasteiger partial charge in [-0.3, -0.25) is 4.79 Å². The Morgan fingerprint density at radius 2 is 1.75 bits per heavy atom. The van der Waals surface area contributed by atoms with Crippen LogP contribution in [-0.4, -0.2) is 13.0 Å². The second-order valence-electron chi connectivity index (χ2n) is 6.53. The van der Waals surface area contributed by atoms with Gasteiger partial charge in [-0.25, -0.2) is 0 Å². The fourth-order valence-electron chi connectivity index (χ4n) is 2.74. The number of carbonyl (C=O) groups excluding carboxylic acids is 1. The van der Waals surface area contributed by atoms with Gasteiger partial charge in [-0.2, -0.15) is 0 Å². The Morgan fingerprint density at radius 1 is 1.04 bits per heavy atom. The number of carbonyl (C=O) groups is 1. The largest absolute Gasteiger partial charge is 0.493 e. The molecular weight excluding hydrogens is 418 g/mol. The molecule has 1 N–H and O–H groups in total. The maximum atomic E-state index is 12.7. The van der Waals surface area contributed by atoms with E-state index in [2.05, 4.69) is 21.2 Å². The van der Waals surface area contributed by atoms with Crippen molar-refractivity contribution in [2.45, 2.75) is 20.5 Å². The first-order chi connectivity index (χ1) is 13.5. The molecule has 0 atom stereocenters. The molecule has 0 spiro atoms. The summed E-state index contributed by atoms with van der Waals surface area (Å²) >= 11 is 3.51. The van der Waals surface area contributed by atoms with Gasteiger partial charge in [0.15, 0.2) is 11.5 Å². The first-order valence-electron chi connectivity index (χ1n) is 8.91. The Labute approximate surface area is 173 Å². The van der Waals surface area contributed by atoms with Crippen molar-refractivity contribution in [3.05, 3.63) is 87.4 Å².